The monoisotopic (exact) mass is 315 g/mol. The van der Waals surface area contributed by atoms with E-state index in [2.05, 4.69) is 0 Å². The van der Waals surface area contributed by atoms with Crippen LogP contribution in [0, 0.1) is 29.1 Å². The highest BCUT2D eigenvalue weighted by molar-refractivity contribution is 5.94. The van der Waals surface area contributed by atoms with E-state index in [4.69, 9.17) is 0 Å². The molecule has 1 amide bonds. The van der Waals surface area contributed by atoms with Crippen molar-refractivity contribution in [3.05, 3.63) is 70.5 Å². The topological polar surface area (TPSA) is 20.3 Å². The number of carbonyl (C=O) groups excluding carboxylic acids is 1. The maximum Gasteiger partial charge on any atom is 0.259 e. The highest BCUT2D eigenvalue weighted by atomic mass is 19.2. The van der Waals surface area contributed by atoms with Gasteiger partial charge in [0.15, 0.2) is 23.3 Å². The van der Waals surface area contributed by atoms with E-state index in [1.165, 1.54) is 13.1 Å². The Morgan fingerprint density at radius 2 is 1.50 bits per heavy atom. The molecular formula is C15H10F5NO. The van der Waals surface area contributed by atoms with Gasteiger partial charge in [-0.1, -0.05) is 6.07 Å². The molecule has 2 rings (SSSR count). The lowest BCUT2D eigenvalue weighted by Gasteiger charge is -2.18. The average molecular weight is 315 g/mol. The van der Waals surface area contributed by atoms with Gasteiger partial charge >= 0.3 is 0 Å². The summed E-state index contributed by atoms with van der Waals surface area (Å²) < 4.78 is 66.1. The molecule has 0 aliphatic rings. The third-order valence-electron chi connectivity index (χ3n) is 3.01. The molecule has 0 unspecified atom stereocenters. The molecule has 7 heteroatoms. The number of benzene rings is 2. The van der Waals surface area contributed by atoms with Gasteiger partial charge in [0.05, 0.1) is 0 Å². The molecule has 0 aliphatic carbocycles. The quantitative estimate of drug-likeness (QED) is 0.625. The van der Waals surface area contributed by atoms with Gasteiger partial charge in [-0.05, 0) is 29.8 Å². The second-order valence-electron chi connectivity index (χ2n) is 4.63. The second kappa shape index (κ2) is 6.13. The Balaban J connectivity index is 2.26. The zero-order valence-corrected chi connectivity index (χ0v) is 11.3. The SMILES string of the molecule is CN(Cc1ccc(F)c(F)c1)C(=O)c1c(F)ccc(F)c1F. The molecule has 0 radical (unpaired) electrons. The number of hydrogen-bond acceptors (Lipinski definition) is 1. The smallest absolute Gasteiger partial charge is 0.259 e. The Hall–Kier alpha value is -2.44. The molecule has 22 heavy (non-hydrogen) atoms. The lowest BCUT2D eigenvalue weighted by molar-refractivity contribution is 0.0774. The van der Waals surface area contributed by atoms with Gasteiger partial charge in [-0.2, -0.15) is 0 Å². The molecule has 0 atom stereocenters. The van der Waals surface area contributed by atoms with Gasteiger partial charge in [-0.25, -0.2) is 22.0 Å². The van der Waals surface area contributed by atoms with Crippen LogP contribution in [-0.2, 0) is 6.54 Å². The van der Waals surface area contributed by atoms with Crippen LogP contribution in [0.4, 0.5) is 22.0 Å². The van der Waals surface area contributed by atoms with Crippen molar-refractivity contribution in [1.29, 1.82) is 0 Å². The van der Waals surface area contributed by atoms with Crippen LogP contribution in [0.3, 0.4) is 0 Å². The average Bonchev–Trinajstić information content (AvgIpc) is 2.47. The normalized spacial score (nSPS) is 10.6. The van der Waals surface area contributed by atoms with Crippen LogP contribution in [0.15, 0.2) is 30.3 Å². The third-order valence-corrected chi connectivity index (χ3v) is 3.01. The van der Waals surface area contributed by atoms with Crippen molar-refractivity contribution in [3.63, 3.8) is 0 Å². The highest BCUT2D eigenvalue weighted by Crippen LogP contribution is 2.19. The summed E-state index contributed by atoms with van der Waals surface area (Å²) >= 11 is 0. The lowest BCUT2D eigenvalue weighted by atomic mass is 10.1. The summed E-state index contributed by atoms with van der Waals surface area (Å²) in [6, 6.07) is 4.15. The largest absolute Gasteiger partial charge is 0.337 e. The van der Waals surface area contributed by atoms with Crippen LogP contribution >= 0.6 is 0 Å². The highest BCUT2D eigenvalue weighted by Gasteiger charge is 2.23. The van der Waals surface area contributed by atoms with Gasteiger partial charge in [0, 0.05) is 13.6 Å². The summed E-state index contributed by atoms with van der Waals surface area (Å²) in [4.78, 5) is 12.9. The van der Waals surface area contributed by atoms with E-state index in [0.29, 0.717) is 12.1 Å². The Morgan fingerprint density at radius 3 is 2.14 bits per heavy atom. The van der Waals surface area contributed by atoms with Crippen molar-refractivity contribution < 1.29 is 26.7 Å². The van der Waals surface area contributed by atoms with Crippen LogP contribution in [0.25, 0.3) is 0 Å². The van der Waals surface area contributed by atoms with Crippen LogP contribution in [-0.4, -0.2) is 17.9 Å². The molecule has 0 fully saturated rings. The first-order chi connectivity index (χ1) is 10.3. The summed E-state index contributed by atoms with van der Waals surface area (Å²) in [5.41, 5.74) is -0.822. The molecule has 0 bridgehead atoms. The maximum atomic E-state index is 13.6. The van der Waals surface area contributed by atoms with Gasteiger partial charge in [0.1, 0.15) is 11.4 Å². The predicted octanol–water partition coefficient (Wildman–Crippen LogP) is 3.65. The van der Waals surface area contributed by atoms with Crippen molar-refractivity contribution in [3.8, 4) is 0 Å². The van der Waals surface area contributed by atoms with E-state index >= 15 is 0 Å². The Bertz CT molecular complexity index is 732. The first-order valence-electron chi connectivity index (χ1n) is 6.14. The fourth-order valence-electron chi connectivity index (χ4n) is 1.90. The maximum absolute atomic E-state index is 13.6. The molecule has 2 aromatic carbocycles. The van der Waals surface area contributed by atoms with Gasteiger partial charge in [-0.3, -0.25) is 4.79 Å². The van der Waals surface area contributed by atoms with Crippen LogP contribution in [0.1, 0.15) is 15.9 Å². The minimum atomic E-state index is -1.60. The van der Waals surface area contributed by atoms with Crippen molar-refractivity contribution in [2.45, 2.75) is 6.54 Å². The molecule has 0 saturated heterocycles. The molecule has 2 nitrogen and oxygen atoms in total. The zero-order valence-electron chi connectivity index (χ0n) is 11.3. The third kappa shape index (κ3) is 3.08. The van der Waals surface area contributed by atoms with Crippen LogP contribution in [0.2, 0.25) is 0 Å². The number of amides is 1. The van der Waals surface area contributed by atoms with Crippen molar-refractivity contribution in [1.82, 2.24) is 4.90 Å². The standard InChI is InChI=1S/C15H10F5NO/c1-21(7-8-2-3-9(16)12(19)6-8)15(22)13-10(17)4-5-11(18)14(13)20/h2-6H,7H2,1H3. The molecule has 116 valence electrons. The molecule has 0 aliphatic heterocycles. The van der Waals surface area contributed by atoms with E-state index in [0.717, 1.165) is 17.0 Å². The number of halogens is 5. The zero-order chi connectivity index (χ0) is 16.4. The van der Waals surface area contributed by atoms with Crippen molar-refractivity contribution in [2.75, 3.05) is 7.05 Å². The van der Waals surface area contributed by atoms with Gasteiger partial charge in [0.25, 0.3) is 5.91 Å². The van der Waals surface area contributed by atoms with Gasteiger partial charge < -0.3 is 4.90 Å². The first kappa shape index (κ1) is 15.9. The first-order valence-corrected chi connectivity index (χ1v) is 6.14. The van der Waals surface area contributed by atoms with E-state index in [9.17, 15) is 26.7 Å². The molecule has 0 spiro atoms. The molecule has 0 N–H and O–H groups in total. The summed E-state index contributed by atoms with van der Waals surface area (Å²) in [6.45, 7) is -0.231. The van der Waals surface area contributed by atoms with E-state index in [1.807, 2.05) is 0 Å². The number of nitrogens with zero attached hydrogens (tertiary/aromatic N) is 1. The van der Waals surface area contributed by atoms with Gasteiger partial charge in [0.2, 0.25) is 0 Å². The fraction of sp³-hybridized carbons (Fsp3) is 0.133. The molecular weight excluding hydrogens is 305 g/mol. The molecule has 0 saturated carbocycles. The molecule has 0 heterocycles. The summed E-state index contributed by atoms with van der Waals surface area (Å²) in [6.07, 6.45) is 0. The molecule has 0 aromatic heterocycles. The Morgan fingerprint density at radius 1 is 0.909 bits per heavy atom. The summed E-state index contributed by atoms with van der Waals surface area (Å²) in [5, 5.41) is 0. The summed E-state index contributed by atoms with van der Waals surface area (Å²) in [7, 11) is 1.20. The van der Waals surface area contributed by atoms with E-state index in [1.54, 1.807) is 0 Å². The number of hydrogen-bond donors (Lipinski definition) is 0. The second-order valence-corrected chi connectivity index (χ2v) is 4.63. The van der Waals surface area contributed by atoms with E-state index in [-0.39, 0.29) is 12.1 Å². The van der Waals surface area contributed by atoms with E-state index < -0.39 is 40.6 Å². The minimum Gasteiger partial charge on any atom is -0.337 e. The minimum absolute atomic E-state index is 0.215. The lowest BCUT2D eigenvalue weighted by Crippen LogP contribution is -2.28. The fourth-order valence-corrected chi connectivity index (χ4v) is 1.90. The molecule has 2 aromatic rings. The van der Waals surface area contributed by atoms with Crippen molar-refractivity contribution in [2.24, 2.45) is 0 Å². The van der Waals surface area contributed by atoms with Crippen LogP contribution < -0.4 is 0 Å². The Labute approximate surface area is 122 Å². The van der Waals surface area contributed by atoms with Crippen molar-refractivity contribution >= 4 is 5.91 Å². The predicted molar refractivity (Wildman–Crippen MR) is 68.5 cm³/mol. The van der Waals surface area contributed by atoms with Gasteiger partial charge in [-0.15, -0.1) is 0 Å². The number of carbonyl (C=O) groups is 1. The Kier molecular flexibility index (Phi) is 4.44. The summed E-state index contributed by atoms with van der Waals surface area (Å²) in [5.74, 6) is -7.44. The van der Waals surface area contributed by atoms with Crippen LogP contribution in [0.5, 0.6) is 0 Å². The number of rotatable bonds is 3.